The van der Waals surface area contributed by atoms with Crippen LogP contribution in [0.3, 0.4) is 0 Å². The highest BCUT2D eigenvalue weighted by molar-refractivity contribution is 5.05. The molecule has 0 aliphatic rings. The van der Waals surface area contributed by atoms with Gasteiger partial charge in [-0.3, -0.25) is 4.90 Å². The number of nitrogens with zero attached hydrogens (tertiary/aromatic N) is 1. The zero-order valence-corrected chi connectivity index (χ0v) is 13.1. The first-order valence-corrected chi connectivity index (χ1v) is 7.29. The van der Waals surface area contributed by atoms with E-state index in [1.807, 2.05) is 19.1 Å². The predicted octanol–water partition coefficient (Wildman–Crippen LogP) is 1.99. The highest BCUT2D eigenvalue weighted by Crippen LogP contribution is 2.10. The van der Waals surface area contributed by atoms with E-state index in [2.05, 4.69) is 11.5 Å². The summed E-state index contributed by atoms with van der Waals surface area (Å²) in [5, 5.41) is 10.0. The van der Waals surface area contributed by atoms with Gasteiger partial charge in [-0.25, -0.2) is 0 Å². The molecule has 0 radical (unpaired) electrons. The molecule has 0 aliphatic heterocycles. The SMILES string of the molecule is C=CCOC[C@H](O)CN(CCCOC)Cc1ccc(C)o1. The van der Waals surface area contributed by atoms with E-state index in [4.69, 9.17) is 13.9 Å². The summed E-state index contributed by atoms with van der Waals surface area (Å²) in [4.78, 5) is 2.15. The minimum atomic E-state index is -0.524. The minimum absolute atomic E-state index is 0.310. The lowest BCUT2D eigenvalue weighted by atomic mass is 10.3. The highest BCUT2D eigenvalue weighted by Gasteiger charge is 2.14. The van der Waals surface area contributed by atoms with Crippen LogP contribution in [-0.2, 0) is 16.0 Å². The Kier molecular flexibility index (Phi) is 9.01. The quantitative estimate of drug-likeness (QED) is 0.472. The Labute approximate surface area is 127 Å². The fourth-order valence-electron chi connectivity index (χ4n) is 2.10. The Balaban J connectivity index is 2.44. The zero-order chi connectivity index (χ0) is 15.5. The van der Waals surface area contributed by atoms with Crippen LogP contribution in [0, 0.1) is 6.92 Å². The van der Waals surface area contributed by atoms with Gasteiger partial charge in [0, 0.05) is 26.8 Å². The van der Waals surface area contributed by atoms with E-state index in [9.17, 15) is 5.11 Å². The van der Waals surface area contributed by atoms with Crippen molar-refractivity contribution in [3.8, 4) is 0 Å². The maximum absolute atomic E-state index is 10.0. The molecule has 5 heteroatoms. The fraction of sp³-hybridized carbons (Fsp3) is 0.625. The number of aliphatic hydroxyl groups excluding tert-OH is 1. The molecule has 21 heavy (non-hydrogen) atoms. The first kappa shape index (κ1) is 17.9. The number of rotatable bonds is 12. The molecule has 0 aliphatic carbocycles. The summed E-state index contributed by atoms with van der Waals surface area (Å²) < 4.78 is 16.0. The molecule has 0 saturated carbocycles. The molecule has 1 heterocycles. The van der Waals surface area contributed by atoms with Gasteiger partial charge >= 0.3 is 0 Å². The van der Waals surface area contributed by atoms with Gasteiger partial charge in [0.25, 0.3) is 0 Å². The summed E-state index contributed by atoms with van der Waals surface area (Å²) in [7, 11) is 1.69. The van der Waals surface area contributed by atoms with Crippen LogP contribution in [0.5, 0.6) is 0 Å². The van der Waals surface area contributed by atoms with E-state index in [1.165, 1.54) is 0 Å². The lowest BCUT2D eigenvalue weighted by molar-refractivity contribution is 0.0216. The van der Waals surface area contributed by atoms with Crippen LogP contribution in [0.25, 0.3) is 0 Å². The summed E-state index contributed by atoms with van der Waals surface area (Å²) in [6, 6.07) is 3.92. The molecule has 120 valence electrons. The second-order valence-electron chi connectivity index (χ2n) is 5.07. The van der Waals surface area contributed by atoms with Gasteiger partial charge in [-0.05, 0) is 25.5 Å². The van der Waals surface area contributed by atoms with Gasteiger partial charge in [-0.2, -0.15) is 0 Å². The van der Waals surface area contributed by atoms with Crippen LogP contribution in [0.2, 0.25) is 0 Å². The normalized spacial score (nSPS) is 12.8. The topological polar surface area (TPSA) is 55.1 Å². The molecule has 0 aromatic carbocycles. The van der Waals surface area contributed by atoms with Crippen molar-refractivity contribution < 1.29 is 19.0 Å². The number of hydrogen-bond acceptors (Lipinski definition) is 5. The van der Waals surface area contributed by atoms with Gasteiger partial charge in [-0.15, -0.1) is 6.58 Å². The molecule has 0 saturated heterocycles. The molecular formula is C16H27NO4. The van der Waals surface area contributed by atoms with Crippen molar-refractivity contribution in [2.75, 3.05) is 40.0 Å². The molecule has 1 aromatic rings. The van der Waals surface area contributed by atoms with Gasteiger partial charge < -0.3 is 19.0 Å². The van der Waals surface area contributed by atoms with Crippen molar-refractivity contribution in [2.45, 2.75) is 26.0 Å². The second kappa shape index (κ2) is 10.6. The first-order chi connectivity index (χ1) is 10.2. The van der Waals surface area contributed by atoms with Gasteiger partial charge in [-0.1, -0.05) is 6.08 Å². The molecule has 1 N–H and O–H groups in total. The van der Waals surface area contributed by atoms with E-state index in [0.29, 0.717) is 32.9 Å². The Bertz CT molecular complexity index is 391. The fourth-order valence-corrected chi connectivity index (χ4v) is 2.10. The van der Waals surface area contributed by atoms with Crippen LogP contribution in [-0.4, -0.2) is 56.1 Å². The van der Waals surface area contributed by atoms with Gasteiger partial charge in [0.1, 0.15) is 11.5 Å². The largest absolute Gasteiger partial charge is 0.465 e. The van der Waals surface area contributed by atoms with Gasteiger partial charge in [0.05, 0.1) is 25.9 Å². The van der Waals surface area contributed by atoms with Crippen molar-refractivity contribution >= 4 is 0 Å². The molecule has 0 spiro atoms. The number of hydrogen-bond donors (Lipinski definition) is 1. The third-order valence-corrected chi connectivity index (χ3v) is 3.01. The van der Waals surface area contributed by atoms with Crippen LogP contribution >= 0.6 is 0 Å². The predicted molar refractivity (Wildman–Crippen MR) is 82.2 cm³/mol. The third-order valence-electron chi connectivity index (χ3n) is 3.01. The van der Waals surface area contributed by atoms with Crippen molar-refractivity contribution in [2.24, 2.45) is 0 Å². The van der Waals surface area contributed by atoms with Crippen molar-refractivity contribution in [3.63, 3.8) is 0 Å². The summed E-state index contributed by atoms with van der Waals surface area (Å²) in [6.45, 7) is 9.04. The van der Waals surface area contributed by atoms with Crippen LogP contribution in [0.1, 0.15) is 17.9 Å². The zero-order valence-electron chi connectivity index (χ0n) is 13.1. The Morgan fingerprint density at radius 3 is 2.90 bits per heavy atom. The molecule has 0 bridgehead atoms. The molecule has 0 amide bonds. The molecule has 5 nitrogen and oxygen atoms in total. The van der Waals surface area contributed by atoms with E-state index in [0.717, 1.165) is 24.5 Å². The number of aliphatic hydroxyl groups is 1. The van der Waals surface area contributed by atoms with E-state index in [-0.39, 0.29) is 0 Å². The molecule has 0 unspecified atom stereocenters. The average Bonchev–Trinajstić information content (AvgIpc) is 2.84. The Hall–Kier alpha value is -1.14. The lowest BCUT2D eigenvalue weighted by Gasteiger charge is -2.24. The summed E-state index contributed by atoms with van der Waals surface area (Å²) >= 11 is 0. The lowest BCUT2D eigenvalue weighted by Crippen LogP contribution is -2.35. The number of aryl methyl sites for hydroxylation is 1. The standard InChI is InChI=1S/C16H27NO4/c1-4-9-20-13-15(18)11-17(8-5-10-19-3)12-16-7-6-14(2)21-16/h4,6-7,15,18H,1,5,8-13H2,2-3H3/t15-/m1/s1. The first-order valence-electron chi connectivity index (χ1n) is 7.29. The van der Waals surface area contributed by atoms with Gasteiger partial charge in [0.15, 0.2) is 0 Å². The molecule has 1 atom stereocenters. The van der Waals surface area contributed by atoms with Crippen LogP contribution in [0.4, 0.5) is 0 Å². The summed E-state index contributed by atoms with van der Waals surface area (Å²) in [5.41, 5.74) is 0. The smallest absolute Gasteiger partial charge is 0.118 e. The van der Waals surface area contributed by atoms with Crippen molar-refractivity contribution in [3.05, 3.63) is 36.3 Å². The van der Waals surface area contributed by atoms with Crippen molar-refractivity contribution in [1.29, 1.82) is 0 Å². The van der Waals surface area contributed by atoms with Crippen LogP contribution in [0.15, 0.2) is 29.2 Å². The maximum atomic E-state index is 10.0. The van der Waals surface area contributed by atoms with Crippen molar-refractivity contribution in [1.82, 2.24) is 4.90 Å². The second-order valence-corrected chi connectivity index (χ2v) is 5.07. The number of ether oxygens (including phenoxy) is 2. The third kappa shape index (κ3) is 8.02. The van der Waals surface area contributed by atoms with E-state index < -0.39 is 6.10 Å². The summed E-state index contributed by atoms with van der Waals surface area (Å²) in [5.74, 6) is 1.81. The van der Waals surface area contributed by atoms with Crippen LogP contribution < -0.4 is 0 Å². The Morgan fingerprint density at radius 1 is 1.48 bits per heavy atom. The molecular weight excluding hydrogens is 270 g/mol. The average molecular weight is 297 g/mol. The molecule has 0 fully saturated rings. The molecule has 1 rings (SSSR count). The van der Waals surface area contributed by atoms with E-state index >= 15 is 0 Å². The number of furan rings is 1. The Morgan fingerprint density at radius 2 is 2.29 bits per heavy atom. The minimum Gasteiger partial charge on any atom is -0.465 e. The monoisotopic (exact) mass is 297 g/mol. The maximum Gasteiger partial charge on any atom is 0.118 e. The van der Waals surface area contributed by atoms with E-state index in [1.54, 1.807) is 13.2 Å². The molecule has 1 aromatic heterocycles. The van der Waals surface area contributed by atoms with Gasteiger partial charge in [0.2, 0.25) is 0 Å². The highest BCUT2D eigenvalue weighted by atomic mass is 16.5. The summed E-state index contributed by atoms with van der Waals surface area (Å²) in [6.07, 6.45) is 2.06. The number of methoxy groups -OCH3 is 1.